The molecule has 0 radical (unpaired) electrons. The van der Waals surface area contributed by atoms with E-state index in [9.17, 15) is 18.5 Å². The topological polar surface area (TPSA) is 84.7 Å². The van der Waals surface area contributed by atoms with Gasteiger partial charge in [-0.1, -0.05) is 25.4 Å². The first-order valence-corrected chi connectivity index (χ1v) is 11.8. The molecule has 2 aliphatic heterocycles. The summed E-state index contributed by atoms with van der Waals surface area (Å²) in [6, 6.07) is 6.51. The number of amides is 1. The molecule has 1 aromatic carbocycles. The largest absolute Gasteiger partial charge is 0.336 e. The molecule has 2 heterocycles. The summed E-state index contributed by atoms with van der Waals surface area (Å²) >= 11 is 6.25. The average Bonchev–Trinajstić information content (AvgIpc) is 3.24. The summed E-state index contributed by atoms with van der Waals surface area (Å²) in [5, 5.41) is 9.63. The Morgan fingerprint density at radius 1 is 1.10 bits per heavy atom. The second-order valence-electron chi connectivity index (χ2n) is 7.90. The lowest BCUT2D eigenvalue weighted by molar-refractivity contribution is 0.0576. The van der Waals surface area contributed by atoms with Crippen molar-refractivity contribution in [3.05, 3.63) is 28.8 Å². The van der Waals surface area contributed by atoms with E-state index in [1.807, 2.05) is 13.8 Å². The third kappa shape index (κ3) is 4.58. The molecule has 7 nitrogen and oxygen atoms in total. The minimum Gasteiger partial charge on any atom is -0.336 e. The van der Waals surface area contributed by atoms with Crippen molar-refractivity contribution < 1.29 is 13.2 Å². The van der Waals surface area contributed by atoms with Crippen LogP contribution >= 0.6 is 11.6 Å². The van der Waals surface area contributed by atoms with Gasteiger partial charge < -0.3 is 4.90 Å². The van der Waals surface area contributed by atoms with E-state index in [2.05, 4.69) is 11.0 Å². The van der Waals surface area contributed by atoms with E-state index in [0.29, 0.717) is 39.3 Å². The van der Waals surface area contributed by atoms with Crippen LogP contribution in [0.15, 0.2) is 23.1 Å². The van der Waals surface area contributed by atoms with Gasteiger partial charge in [-0.2, -0.15) is 9.57 Å². The Balaban J connectivity index is 1.76. The predicted molar refractivity (Wildman–Crippen MR) is 111 cm³/mol. The minimum absolute atomic E-state index is 0.107. The molecule has 158 valence electrons. The number of sulfonamides is 1. The lowest BCUT2D eigenvalue weighted by Gasteiger charge is -2.38. The van der Waals surface area contributed by atoms with Crippen molar-refractivity contribution in [1.29, 1.82) is 5.26 Å². The van der Waals surface area contributed by atoms with Crippen LogP contribution < -0.4 is 0 Å². The first-order valence-electron chi connectivity index (χ1n) is 9.98. The number of rotatable bonds is 5. The SMILES string of the molecule is CC(C)C(C#N)N1CCN(C(=O)c2cc(S(=O)(=O)N3CCCC3)ccc2Cl)CC1. The van der Waals surface area contributed by atoms with Crippen LogP contribution in [0.1, 0.15) is 37.0 Å². The van der Waals surface area contributed by atoms with Crippen LogP contribution in [0, 0.1) is 17.2 Å². The molecule has 1 atom stereocenters. The molecular formula is C20H27ClN4O3S. The first kappa shape index (κ1) is 22.0. The first-order chi connectivity index (χ1) is 13.8. The summed E-state index contributed by atoms with van der Waals surface area (Å²) in [5.41, 5.74) is 0.209. The van der Waals surface area contributed by atoms with Crippen molar-refractivity contribution in [1.82, 2.24) is 14.1 Å². The Morgan fingerprint density at radius 2 is 1.72 bits per heavy atom. The molecule has 0 spiro atoms. The zero-order chi connectivity index (χ0) is 21.2. The van der Waals surface area contributed by atoms with E-state index in [0.717, 1.165) is 12.8 Å². The number of piperazine rings is 1. The third-order valence-corrected chi connectivity index (χ3v) is 7.85. The predicted octanol–water partition coefficient (Wildman–Crippen LogP) is 2.43. The van der Waals surface area contributed by atoms with Crippen LogP contribution in [-0.4, -0.2) is 73.7 Å². The van der Waals surface area contributed by atoms with Crippen molar-refractivity contribution in [3.8, 4) is 6.07 Å². The molecular weight excluding hydrogens is 412 g/mol. The van der Waals surface area contributed by atoms with Gasteiger partial charge in [0, 0.05) is 39.3 Å². The highest BCUT2D eigenvalue weighted by molar-refractivity contribution is 7.89. The van der Waals surface area contributed by atoms with E-state index in [1.54, 1.807) is 4.90 Å². The molecule has 2 aliphatic rings. The number of nitriles is 1. The maximum absolute atomic E-state index is 13.1. The van der Waals surface area contributed by atoms with E-state index in [1.165, 1.54) is 22.5 Å². The minimum atomic E-state index is -3.62. The monoisotopic (exact) mass is 438 g/mol. The van der Waals surface area contributed by atoms with Gasteiger partial charge in [-0.15, -0.1) is 0 Å². The number of hydrogen-bond acceptors (Lipinski definition) is 5. The smallest absolute Gasteiger partial charge is 0.255 e. The Labute approximate surface area is 177 Å². The maximum atomic E-state index is 13.1. The van der Waals surface area contributed by atoms with E-state index < -0.39 is 10.0 Å². The van der Waals surface area contributed by atoms with Gasteiger partial charge in [-0.3, -0.25) is 9.69 Å². The summed E-state index contributed by atoms with van der Waals surface area (Å²) in [6.45, 7) is 7.19. The lowest BCUT2D eigenvalue weighted by Crippen LogP contribution is -2.52. The van der Waals surface area contributed by atoms with Gasteiger partial charge in [0.2, 0.25) is 10.0 Å². The van der Waals surface area contributed by atoms with Gasteiger partial charge in [0.1, 0.15) is 6.04 Å². The molecule has 3 rings (SSSR count). The maximum Gasteiger partial charge on any atom is 0.255 e. The van der Waals surface area contributed by atoms with Crippen LogP contribution in [0.25, 0.3) is 0 Å². The molecule has 0 aromatic heterocycles. The van der Waals surface area contributed by atoms with Gasteiger partial charge in [-0.25, -0.2) is 8.42 Å². The highest BCUT2D eigenvalue weighted by atomic mass is 35.5. The molecule has 0 aliphatic carbocycles. The van der Waals surface area contributed by atoms with Crippen molar-refractivity contribution >= 4 is 27.5 Å². The molecule has 1 aromatic rings. The molecule has 29 heavy (non-hydrogen) atoms. The lowest BCUT2D eigenvalue weighted by atomic mass is 10.0. The Bertz CT molecular complexity index is 899. The molecule has 1 unspecified atom stereocenters. The van der Waals surface area contributed by atoms with Gasteiger partial charge in [-0.05, 0) is 37.0 Å². The molecule has 0 saturated carbocycles. The Morgan fingerprint density at radius 3 is 2.28 bits per heavy atom. The number of benzene rings is 1. The van der Waals surface area contributed by atoms with Crippen molar-refractivity contribution in [2.75, 3.05) is 39.3 Å². The van der Waals surface area contributed by atoms with Crippen molar-refractivity contribution in [2.24, 2.45) is 5.92 Å². The summed E-state index contributed by atoms with van der Waals surface area (Å²) in [4.78, 5) is 16.9. The second-order valence-corrected chi connectivity index (χ2v) is 10.2. The fraction of sp³-hybridized carbons (Fsp3) is 0.600. The summed E-state index contributed by atoms with van der Waals surface area (Å²) < 4.78 is 27.1. The molecule has 9 heteroatoms. The fourth-order valence-electron chi connectivity index (χ4n) is 3.93. The number of nitrogens with zero attached hydrogens (tertiary/aromatic N) is 4. The molecule has 2 fully saturated rings. The number of halogens is 1. The number of carbonyl (C=O) groups excluding carboxylic acids is 1. The van der Waals surface area contributed by atoms with Crippen LogP contribution in [0.4, 0.5) is 0 Å². The Kier molecular flexibility index (Phi) is 6.84. The zero-order valence-electron chi connectivity index (χ0n) is 16.8. The average molecular weight is 439 g/mol. The normalized spacial score (nSPS) is 20.0. The summed E-state index contributed by atoms with van der Waals surface area (Å²) in [5.74, 6) is -0.0599. The highest BCUT2D eigenvalue weighted by Crippen LogP contribution is 2.26. The van der Waals surface area contributed by atoms with Crippen molar-refractivity contribution in [3.63, 3.8) is 0 Å². The van der Waals surface area contributed by atoms with Gasteiger partial charge >= 0.3 is 0 Å². The van der Waals surface area contributed by atoms with E-state index in [-0.39, 0.29) is 33.3 Å². The second kappa shape index (κ2) is 9.00. The summed E-state index contributed by atoms with van der Waals surface area (Å²) in [6.07, 6.45) is 1.70. The molecule has 0 bridgehead atoms. The fourth-order valence-corrected chi connectivity index (χ4v) is 5.67. The van der Waals surface area contributed by atoms with Gasteiger partial charge in [0.25, 0.3) is 5.91 Å². The summed E-state index contributed by atoms with van der Waals surface area (Å²) in [7, 11) is -3.62. The molecule has 1 amide bonds. The Hall–Kier alpha value is -1.66. The van der Waals surface area contributed by atoms with Gasteiger partial charge in [0.15, 0.2) is 0 Å². The van der Waals surface area contributed by atoms with Crippen LogP contribution in [-0.2, 0) is 10.0 Å². The van der Waals surface area contributed by atoms with Crippen molar-refractivity contribution in [2.45, 2.75) is 37.6 Å². The highest BCUT2D eigenvalue weighted by Gasteiger charge is 2.31. The quantitative estimate of drug-likeness (QED) is 0.704. The number of carbonyl (C=O) groups is 1. The van der Waals surface area contributed by atoms with E-state index >= 15 is 0 Å². The van der Waals surface area contributed by atoms with Gasteiger partial charge in [0.05, 0.1) is 21.6 Å². The number of hydrogen-bond donors (Lipinski definition) is 0. The van der Waals surface area contributed by atoms with Crippen LogP contribution in [0.3, 0.4) is 0 Å². The van der Waals surface area contributed by atoms with E-state index in [4.69, 9.17) is 11.6 Å². The molecule has 2 saturated heterocycles. The molecule has 0 N–H and O–H groups in total. The van der Waals surface area contributed by atoms with Crippen LogP contribution in [0.2, 0.25) is 5.02 Å². The third-order valence-electron chi connectivity index (χ3n) is 5.63. The van der Waals surface area contributed by atoms with Crippen LogP contribution in [0.5, 0.6) is 0 Å². The standard InChI is InChI=1S/C20H27ClN4O3S/c1-15(2)19(14-22)23-9-11-24(12-10-23)20(26)17-13-16(5-6-18(17)21)29(27,28)25-7-3-4-8-25/h5-6,13,15,19H,3-4,7-12H2,1-2H3. The zero-order valence-corrected chi connectivity index (χ0v) is 18.4.